The Morgan fingerprint density at radius 3 is 2.38 bits per heavy atom. The monoisotopic (exact) mass is 352 g/mol. The van der Waals surface area contributed by atoms with E-state index in [-0.39, 0.29) is 17.5 Å². The predicted molar refractivity (Wildman–Crippen MR) is 99.6 cm³/mol. The van der Waals surface area contributed by atoms with Crippen molar-refractivity contribution >= 4 is 11.9 Å². The molecule has 26 heavy (non-hydrogen) atoms. The van der Waals surface area contributed by atoms with E-state index in [0.29, 0.717) is 17.3 Å². The molecule has 5 nitrogen and oxygen atoms in total. The standard InChI is InChI=1S/C21H24N2O3/c1-13-7-9-15(10-8-13)17-5-4-6-19(17)23(3)20(24)18-12-11-16(21(25)26)14(2)22-18/h7-12,17,19H,4-6H2,1-3H3,(H,25,26). The Balaban J connectivity index is 1.82. The molecule has 1 aliphatic carbocycles. The molecule has 2 unspecified atom stereocenters. The number of rotatable bonds is 4. The molecule has 1 aliphatic rings. The fraction of sp³-hybridized carbons (Fsp3) is 0.381. The first-order chi connectivity index (χ1) is 12.4. The number of amides is 1. The summed E-state index contributed by atoms with van der Waals surface area (Å²) in [4.78, 5) is 30.0. The zero-order valence-corrected chi connectivity index (χ0v) is 15.4. The average molecular weight is 352 g/mol. The topological polar surface area (TPSA) is 70.5 Å². The maximum absolute atomic E-state index is 12.9. The van der Waals surface area contributed by atoms with Gasteiger partial charge in [0.2, 0.25) is 0 Å². The summed E-state index contributed by atoms with van der Waals surface area (Å²) in [6.45, 7) is 3.69. The van der Waals surface area contributed by atoms with Crippen LogP contribution in [0.5, 0.6) is 0 Å². The lowest BCUT2D eigenvalue weighted by atomic mass is 9.92. The van der Waals surface area contributed by atoms with Gasteiger partial charge < -0.3 is 10.0 Å². The highest BCUT2D eigenvalue weighted by Crippen LogP contribution is 2.37. The van der Waals surface area contributed by atoms with Gasteiger partial charge in [0, 0.05) is 19.0 Å². The number of carboxylic acid groups (broad SMARTS) is 1. The molecular weight excluding hydrogens is 328 g/mol. The van der Waals surface area contributed by atoms with Gasteiger partial charge in [0.25, 0.3) is 5.91 Å². The zero-order valence-electron chi connectivity index (χ0n) is 15.4. The Morgan fingerprint density at radius 2 is 1.77 bits per heavy atom. The molecule has 0 radical (unpaired) electrons. The molecule has 136 valence electrons. The van der Waals surface area contributed by atoms with Crippen molar-refractivity contribution in [1.29, 1.82) is 0 Å². The summed E-state index contributed by atoms with van der Waals surface area (Å²) >= 11 is 0. The first-order valence-electron chi connectivity index (χ1n) is 8.93. The van der Waals surface area contributed by atoms with Gasteiger partial charge in [0.15, 0.2) is 0 Å². The molecule has 0 bridgehead atoms. The van der Waals surface area contributed by atoms with Gasteiger partial charge in [-0.25, -0.2) is 9.78 Å². The molecule has 3 rings (SSSR count). The highest BCUT2D eigenvalue weighted by molar-refractivity contribution is 5.94. The van der Waals surface area contributed by atoms with Crippen molar-refractivity contribution < 1.29 is 14.7 Å². The Morgan fingerprint density at radius 1 is 1.08 bits per heavy atom. The molecule has 1 heterocycles. The average Bonchev–Trinajstić information content (AvgIpc) is 3.10. The Kier molecular flexibility index (Phi) is 5.07. The van der Waals surface area contributed by atoms with E-state index < -0.39 is 5.97 Å². The van der Waals surface area contributed by atoms with Gasteiger partial charge in [0.1, 0.15) is 5.69 Å². The number of aryl methyl sites for hydroxylation is 2. The van der Waals surface area contributed by atoms with Crippen molar-refractivity contribution in [1.82, 2.24) is 9.88 Å². The number of carbonyl (C=O) groups excluding carboxylic acids is 1. The lowest BCUT2D eigenvalue weighted by Gasteiger charge is -2.30. The number of aromatic nitrogens is 1. The van der Waals surface area contributed by atoms with E-state index in [1.165, 1.54) is 23.3 Å². The molecule has 1 fully saturated rings. The number of pyridine rings is 1. The van der Waals surface area contributed by atoms with E-state index in [1.807, 2.05) is 7.05 Å². The SMILES string of the molecule is Cc1ccc(C2CCCC2N(C)C(=O)c2ccc(C(=O)O)c(C)n2)cc1. The highest BCUT2D eigenvalue weighted by atomic mass is 16.4. The van der Waals surface area contributed by atoms with Gasteiger partial charge in [-0.15, -0.1) is 0 Å². The van der Waals surface area contributed by atoms with E-state index in [2.05, 4.69) is 36.2 Å². The van der Waals surface area contributed by atoms with Crippen LogP contribution in [0.3, 0.4) is 0 Å². The lowest BCUT2D eigenvalue weighted by molar-refractivity contribution is 0.0687. The summed E-state index contributed by atoms with van der Waals surface area (Å²) in [5, 5.41) is 9.12. The van der Waals surface area contributed by atoms with Gasteiger partial charge in [-0.1, -0.05) is 36.2 Å². The fourth-order valence-electron chi connectivity index (χ4n) is 3.84. The van der Waals surface area contributed by atoms with Crippen molar-refractivity contribution in [3.8, 4) is 0 Å². The first-order valence-corrected chi connectivity index (χ1v) is 8.93. The summed E-state index contributed by atoms with van der Waals surface area (Å²) in [6, 6.07) is 11.6. The number of carbonyl (C=O) groups is 2. The Labute approximate surface area is 153 Å². The molecule has 0 saturated heterocycles. The maximum Gasteiger partial charge on any atom is 0.337 e. The van der Waals surface area contributed by atoms with E-state index >= 15 is 0 Å². The van der Waals surface area contributed by atoms with Gasteiger partial charge in [0.05, 0.1) is 11.3 Å². The van der Waals surface area contributed by atoms with Crippen molar-refractivity contribution in [2.24, 2.45) is 0 Å². The third kappa shape index (κ3) is 3.47. The normalized spacial score (nSPS) is 19.3. The van der Waals surface area contributed by atoms with Crippen LogP contribution >= 0.6 is 0 Å². The fourth-order valence-corrected chi connectivity index (χ4v) is 3.84. The molecule has 2 aromatic rings. The number of nitrogens with zero attached hydrogens (tertiary/aromatic N) is 2. The second-order valence-corrected chi connectivity index (χ2v) is 7.07. The quantitative estimate of drug-likeness (QED) is 0.908. The number of hydrogen-bond donors (Lipinski definition) is 1. The third-order valence-corrected chi connectivity index (χ3v) is 5.34. The van der Waals surface area contributed by atoms with Crippen molar-refractivity contribution in [2.75, 3.05) is 7.05 Å². The number of aromatic carboxylic acids is 1. The van der Waals surface area contributed by atoms with Crippen LogP contribution in [-0.4, -0.2) is 40.0 Å². The predicted octanol–water partition coefficient (Wildman–Crippen LogP) is 3.80. The number of benzene rings is 1. The van der Waals surface area contributed by atoms with Crippen molar-refractivity contribution in [2.45, 2.75) is 45.1 Å². The number of carboxylic acids is 1. The maximum atomic E-state index is 12.9. The van der Waals surface area contributed by atoms with E-state index in [9.17, 15) is 9.59 Å². The van der Waals surface area contributed by atoms with Crippen LogP contribution in [-0.2, 0) is 0 Å². The highest BCUT2D eigenvalue weighted by Gasteiger charge is 2.34. The number of likely N-dealkylation sites (N-methyl/N-ethyl adjacent to an activating group) is 1. The van der Waals surface area contributed by atoms with E-state index in [1.54, 1.807) is 11.8 Å². The van der Waals surface area contributed by atoms with Crippen LogP contribution in [0.1, 0.15) is 62.8 Å². The molecule has 1 amide bonds. The Bertz CT molecular complexity index is 830. The van der Waals surface area contributed by atoms with Crippen LogP contribution in [0.4, 0.5) is 0 Å². The number of hydrogen-bond acceptors (Lipinski definition) is 3. The molecule has 2 atom stereocenters. The summed E-state index contributed by atoms with van der Waals surface area (Å²) in [6.07, 6.45) is 3.12. The minimum absolute atomic E-state index is 0.127. The van der Waals surface area contributed by atoms with Crippen LogP contribution in [0.15, 0.2) is 36.4 Å². The van der Waals surface area contributed by atoms with Crippen molar-refractivity contribution in [3.63, 3.8) is 0 Å². The minimum Gasteiger partial charge on any atom is -0.478 e. The summed E-state index contributed by atoms with van der Waals surface area (Å²) < 4.78 is 0. The zero-order chi connectivity index (χ0) is 18.8. The van der Waals surface area contributed by atoms with Gasteiger partial charge >= 0.3 is 5.97 Å². The smallest absolute Gasteiger partial charge is 0.337 e. The lowest BCUT2D eigenvalue weighted by Crippen LogP contribution is -2.39. The van der Waals surface area contributed by atoms with Crippen LogP contribution in [0.2, 0.25) is 0 Å². The summed E-state index contributed by atoms with van der Waals surface area (Å²) in [5.41, 5.74) is 3.28. The van der Waals surface area contributed by atoms with Gasteiger partial charge in [-0.2, -0.15) is 0 Å². The molecule has 1 N–H and O–H groups in total. The van der Waals surface area contributed by atoms with Crippen LogP contribution < -0.4 is 0 Å². The van der Waals surface area contributed by atoms with Crippen molar-refractivity contribution in [3.05, 3.63) is 64.5 Å². The second kappa shape index (κ2) is 7.28. The molecule has 1 aromatic heterocycles. The van der Waals surface area contributed by atoms with Crippen LogP contribution in [0, 0.1) is 13.8 Å². The Hall–Kier alpha value is -2.69. The molecule has 0 aliphatic heterocycles. The molecule has 1 aromatic carbocycles. The molecule has 5 heteroatoms. The van der Waals surface area contributed by atoms with E-state index in [0.717, 1.165) is 19.3 Å². The molecule has 0 spiro atoms. The minimum atomic E-state index is -1.03. The second-order valence-electron chi connectivity index (χ2n) is 7.07. The molecule has 1 saturated carbocycles. The first kappa shape index (κ1) is 18.1. The summed E-state index contributed by atoms with van der Waals surface area (Å²) in [5.74, 6) is -0.865. The van der Waals surface area contributed by atoms with Gasteiger partial charge in [-0.05, 0) is 44.4 Å². The van der Waals surface area contributed by atoms with Gasteiger partial charge in [-0.3, -0.25) is 4.79 Å². The largest absolute Gasteiger partial charge is 0.478 e. The van der Waals surface area contributed by atoms with Crippen LogP contribution in [0.25, 0.3) is 0 Å². The molecular formula is C21H24N2O3. The third-order valence-electron chi connectivity index (χ3n) is 5.34. The summed E-state index contributed by atoms with van der Waals surface area (Å²) in [7, 11) is 1.82. The van der Waals surface area contributed by atoms with E-state index in [4.69, 9.17) is 5.11 Å².